The lowest BCUT2D eigenvalue weighted by atomic mass is 10.1. The van der Waals surface area contributed by atoms with E-state index in [9.17, 15) is 0 Å². The molecule has 0 aliphatic carbocycles. The Labute approximate surface area is 61.9 Å². The van der Waals surface area contributed by atoms with Crippen LogP contribution in [-0.2, 0) is 4.74 Å². The van der Waals surface area contributed by atoms with Gasteiger partial charge in [0.25, 0.3) is 0 Å². The summed E-state index contributed by atoms with van der Waals surface area (Å²) in [6.07, 6.45) is 2.83. The molecule has 0 radical (unpaired) electrons. The van der Waals surface area contributed by atoms with Crippen LogP contribution in [-0.4, -0.2) is 32.3 Å². The molecule has 0 amide bonds. The lowest BCUT2D eigenvalue weighted by Gasteiger charge is -2.22. The zero-order valence-corrected chi connectivity index (χ0v) is 6.31. The van der Waals surface area contributed by atoms with Gasteiger partial charge in [0.1, 0.15) is 0 Å². The highest BCUT2D eigenvalue weighted by Gasteiger charge is 2.11. The summed E-state index contributed by atoms with van der Waals surface area (Å²) in [6.45, 7) is 3.48. The fourth-order valence-electron chi connectivity index (χ4n) is 1.20. The summed E-state index contributed by atoms with van der Waals surface area (Å²) in [5, 5.41) is 3.28. The van der Waals surface area contributed by atoms with Crippen molar-refractivity contribution in [3.05, 3.63) is 0 Å². The lowest BCUT2D eigenvalue weighted by molar-refractivity contribution is 0.0421. The van der Waals surface area contributed by atoms with Gasteiger partial charge in [-0.25, -0.2) is 0 Å². The average Bonchev–Trinajstić information content (AvgIpc) is 2.03. The van der Waals surface area contributed by atoms with Gasteiger partial charge in [-0.1, -0.05) is 0 Å². The molecule has 10 heavy (non-hydrogen) atoms. The van der Waals surface area contributed by atoms with Crippen LogP contribution in [0.1, 0.15) is 12.8 Å². The van der Waals surface area contributed by atoms with Gasteiger partial charge in [-0.15, -0.1) is 0 Å². The minimum absolute atomic E-state index is 0.414. The molecular weight excluding hydrogens is 128 g/mol. The summed E-state index contributed by atoms with van der Waals surface area (Å²) >= 11 is 0. The van der Waals surface area contributed by atoms with Gasteiger partial charge in [-0.05, 0) is 19.4 Å². The van der Waals surface area contributed by atoms with Crippen LogP contribution >= 0.6 is 0 Å². The summed E-state index contributed by atoms with van der Waals surface area (Å²) in [5.74, 6) is 0. The van der Waals surface area contributed by atoms with E-state index in [1.54, 1.807) is 0 Å². The van der Waals surface area contributed by atoms with E-state index in [1.807, 2.05) is 0 Å². The predicted octanol–water partition coefficient (Wildman–Crippen LogP) is -0.286. The molecule has 1 aliphatic rings. The predicted molar refractivity (Wildman–Crippen MR) is 40.9 cm³/mol. The molecular formula is C7H16N2O. The number of hydrogen-bond donors (Lipinski definition) is 2. The summed E-state index contributed by atoms with van der Waals surface area (Å²) in [5.41, 5.74) is 5.30. The Morgan fingerprint density at radius 3 is 3.10 bits per heavy atom. The molecule has 1 rings (SSSR count). The van der Waals surface area contributed by atoms with Gasteiger partial charge in [0.15, 0.2) is 0 Å². The van der Waals surface area contributed by atoms with E-state index in [0.29, 0.717) is 19.3 Å². The zero-order chi connectivity index (χ0) is 7.23. The van der Waals surface area contributed by atoms with E-state index in [2.05, 4.69) is 5.32 Å². The first kappa shape index (κ1) is 7.98. The fourth-order valence-corrected chi connectivity index (χ4v) is 1.20. The third-order valence-electron chi connectivity index (χ3n) is 1.72. The molecule has 3 N–H and O–H groups in total. The Balaban J connectivity index is 2.02. The summed E-state index contributed by atoms with van der Waals surface area (Å²) < 4.78 is 5.44. The minimum Gasteiger partial charge on any atom is -0.376 e. The molecule has 1 fully saturated rings. The van der Waals surface area contributed by atoms with Crippen molar-refractivity contribution in [3.8, 4) is 0 Å². The van der Waals surface area contributed by atoms with Crippen LogP contribution in [0.3, 0.4) is 0 Å². The number of hydrogen-bond acceptors (Lipinski definition) is 3. The van der Waals surface area contributed by atoms with Crippen LogP contribution < -0.4 is 11.1 Å². The normalized spacial score (nSPS) is 26.7. The van der Waals surface area contributed by atoms with Gasteiger partial charge < -0.3 is 15.8 Å². The molecule has 1 unspecified atom stereocenters. The van der Waals surface area contributed by atoms with Crippen molar-refractivity contribution in [1.82, 2.24) is 5.32 Å². The smallest absolute Gasteiger partial charge is 0.0700 e. The average molecular weight is 144 g/mol. The van der Waals surface area contributed by atoms with Crippen LogP contribution in [0.5, 0.6) is 0 Å². The number of nitrogens with two attached hydrogens (primary N) is 1. The van der Waals surface area contributed by atoms with Crippen LogP contribution in [0.15, 0.2) is 0 Å². The Morgan fingerprint density at radius 1 is 1.60 bits per heavy atom. The molecule has 0 spiro atoms. The van der Waals surface area contributed by atoms with Crippen molar-refractivity contribution < 1.29 is 4.74 Å². The van der Waals surface area contributed by atoms with Gasteiger partial charge in [-0.2, -0.15) is 0 Å². The highest BCUT2D eigenvalue weighted by atomic mass is 16.5. The first-order chi connectivity index (χ1) is 4.93. The molecule has 0 aromatic heterocycles. The Morgan fingerprint density at radius 2 is 2.50 bits per heavy atom. The van der Waals surface area contributed by atoms with Crippen LogP contribution in [0.4, 0.5) is 0 Å². The van der Waals surface area contributed by atoms with Gasteiger partial charge in [-0.3, -0.25) is 0 Å². The van der Waals surface area contributed by atoms with Crippen molar-refractivity contribution in [1.29, 1.82) is 0 Å². The van der Waals surface area contributed by atoms with Crippen LogP contribution in [0.25, 0.3) is 0 Å². The SMILES string of the molecule is NCCOC1CCCNC1. The largest absolute Gasteiger partial charge is 0.376 e. The van der Waals surface area contributed by atoms with Gasteiger partial charge >= 0.3 is 0 Å². The van der Waals surface area contributed by atoms with Crippen molar-refractivity contribution in [2.24, 2.45) is 5.73 Å². The first-order valence-corrected chi connectivity index (χ1v) is 3.96. The molecule has 1 atom stereocenters. The Bertz CT molecular complexity index is 81.7. The van der Waals surface area contributed by atoms with E-state index in [-0.39, 0.29) is 0 Å². The molecule has 1 heterocycles. The molecule has 0 saturated carbocycles. The van der Waals surface area contributed by atoms with Gasteiger partial charge in [0.2, 0.25) is 0 Å². The highest BCUT2D eigenvalue weighted by molar-refractivity contribution is 4.68. The summed E-state index contributed by atoms with van der Waals surface area (Å²) in [4.78, 5) is 0. The topological polar surface area (TPSA) is 47.3 Å². The lowest BCUT2D eigenvalue weighted by Crippen LogP contribution is -2.36. The number of ether oxygens (including phenoxy) is 1. The first-order valence-electron chi connectivity index (χ1n) is 3.96. The van der Waals surface area contributed by atoms with Crippen molar-refractivity contribution in [3.63, 3.8) is 0 Å². The molecule has 3 nitrogen and oxygen atoms in total. The quantitative estimate of drug-likeness (QED) is 0.572. The third kappa shape index (κ3) is 2.64. The van der Waals surface area contributed by atoms with Crippen molar-refractivity contribution >= 4 is 0 Å². The molecule has 1 aliphatic heterocycles. The standard InChI is InChI=1S/C7H16N2O/c8-3-5-10-7-2-1-4-9-6-7/h7,9H,1-6,8H2. The maximum Gasteiger partial charge on any atom is 0.0700 e. The van der Waals surface area contributed by atoms with Crippen molar-refractivity contribution in [2.75, 3.05) is 26.2 Å². The Hall–Kier alpha value is -0.120. The highest BCUT2D eigenvalue weighted by Crippen LogP contribution is 2.04. The van der Waals surface area contributed by atoms with E-state index in [4.69, 9.17) is 10.5 Å². The minimum atomic E-state index is 0.414. The fraction of sp³-hybridized carbons (Fsp3) is 1.00. The van der Waals surface area contributed by atoms with Crippen molar-refractivity contribution in [2.45, 2.75) is 18.9 Å². The maximum atomic E-state index is 5.44. The van der Waals surface area contributed by atoms with E-state index in [1.165, 1.54) is 12.8 Å². The maximum absolute atomic E-state index is 5.44. The number of piperidine rings is 1. The second-order valence-corrected chi connectivity index (χ2v) is 2.63. The molecule has 0 aromatic carbocycles. The molecule has 0 bridgehead atoms. The summed E-state index contributed by atoms with van der Waals surface area (Å²) in [6, 6.07) is 0. The second-order valence-electron chi connectivity index (χ2n) is 2.63. The second kappa shape index (κ2) is 4.66. The Kier molecular flexibility index (Phi) is 3.72. The van der Waals surface area contributed by atoms with Gasteiger partial charge in [0.05, 0.1) is 12.7 Å². The molecule has 3 heteroatoms. The molecule has 1 saturated heterocycles. The zero-order valence-electron chi connectivity index (χ0n) is 6.31. The van der Waals surface area contributed by atoms with E-state index < -0.39 is 0 Å². The monoisotopic (exact) mass is 144 g/mol. The van der Waals surface area contributed by atoms with Gasteiger partial charge in [0, 0.05) is 13.1 Å². The number of nitrogens with one attached hydrogen (secondary N) is 1. The van der Waals surface area contributed by atoms with Crippen LogP contribution in [0.2, 0.25) is 0 Å². The van der Waals surface area contributed by atoms with E-state index >= 15 is 0 Å². The third-order valence-corrected chi connectivity index (χ3v) is 1.72. The van der Waals surface area contributed by atoms with Crippen LogP contribution in [0, 0.1) is 0 Å². The van der Waals surface area contributed by atoms with E-state index in [0.717, 1.165) is 13.1 Å². The summed E-state index contributed by atoms with van der Waals surface area (Å²) in [7, 11) is 0. The molecule has 60 valence electrons. The number of rotatable bonds is 3. The molecule has 0 aromatic rings.